The molecule has 3 rings (SSSR count). The molecule has 0 bridgehead atoms. The second-order valence-corrected chi connectivity index (χ2v) is 7.48. The molecule has 2 aromatic carbocycles. The molecule has 2 aromatic rings. The Labute approximate surface area is 182 Å². The van der Waals surface area contributed by atoms with Gasteiger partial charge in [-0.25, -0.2) is 4.99 Å². The van der Waals surface area contributed by atoms with Gasteiger partial charge in [-0.1, -0.05) is 24.3 Å². The zero-order chi connectivity index (χ0) is 21.9. The van der Waals surface area contributed by atoms with Gasteiger partial charge in [0.15, 0.2) is 5.96 Å². The summed E-state index contributed by atoms with van der Waals surface area (Å²) in [4.78, 5) is 15.1. The van der Waals surface area contributed by atoms with E-state index in [9.17, 15) is 10.1 Å². The third-order valence-corrected chi connectivity index (χ3v) is 5.20. The van der Waals surface area contributed by atoms with Gasteiger partial charge in [-0.3, -0.25) is 10.1 Å². The van der Waals surface area contributed by atoms with Crippen molar-refractivity contribution >= 4 is 11.6 Å². The predicted molar refractivity (Wildman–Crippen MR) is 121 cm³/mol. The van der Waals surface area contributed by atoms with Crippen molar-refractivity contribution in [2.45, 2.75) is 38.3 Å². The molecular formula is C23H30N4O4. The first-order valence-corrected chi connectivity index (χ1v) is 10.6. The monoisotopic (exact) mass is 426 g/mol. The summed E-state index contributed by atoms with van der Waals surface area (Å²) in [7, 11) is 1.66. The van der Waals surface area contributed by atoms with Gasteiger partial charge in [-0.05, 0) is 48.9 Å². The molecule has 1 saturated heterocycles. The molecule has 1 aliphatic heterocycles. The first kappa shape index (κ1) is 22.6. The molecule has 31 heavy (non-hydrogen) atoms. The van der Waals surface area contributed by atoms with Crippen molar-refractivity contribution < 1.29 is 14.4 Å². The van der Waals surface area contributed by atoms with E-state index in [1.165, 1.54) is 24.1 Å². The Morgan fingerprint density at radius 2 is 1.87 bits per heavy atom. The second-order valence-electron chi connectivity index (χ2n) is 7.48. The van der Waals surface area contributed by atoms with E-state index in [0.29, 0.717) is 19.0 Å². The van der Waals surface area contributed by atoms with Crippen LogP contribution in [0.25, 0.3) is 0 Å². The number of non-ortho nitro benzene ring substituents is 1. The average molecular weight is 427 g/mol. The van der Waals surface area contributed by atoms with Crippen LogP contribution in [0.1, 0.15) is 30.4 Å². The number of hydrogen-bond acceptors (Lipinski definition) is 5. The van der Waals surface area contributed by atoms with E-state index >= 15 is 0 Å². The van der Waals surface area contributed by atoms with Crippen LogP contribution in [0.15, 0.2) is 53.5 Å². The van der Waals surface area contributed by atoms with E-state index in [-0.39, 0.29) is 11.8 Å². The minimum absolute atomic E-state index is 0.0816. The quantitative estimate of drug-likeness (QED) is 0.276. The number of methoxy groups -OCH3 is 1. The van der Waals surface area contributed by atoms with E-state index in [4.69, 9.17) is 9.47 Å². The number of aliphatic imine (C=N–C) groups is 1. The fraction of sp³-hybridized carbons (Fsp3) is 0.435. The molecule has 0 radical (unpaired) electrons. The van der Waals surface area contributed by atoms with Gasteiger partial charge in [-0.15, -0.1) is 0 Å². The maximum Gasteiger partial charge on any atom is 0.269 e. The zero-order valence-electron chi connectivity index (χ0n) is 17.9. The fourth-order valence-electron chi connectivity index (χ4n) is 3.36. The first-order chi connectivity index (χ1) is 15.1. The van der Waals surface area contributed by atoms with Crippen LogP contribution >= 0.6 is 0 Å². The Kier molecular flexibility index (Phi) is 8.66. The Hall–Kier alpha value is -3.13. The lowest BCUT2D eigenvalue weighted by molar-refractivity contribution is -0.384. The van der Waals surface area contributed by atoms with Gasteiger partial charge in [-0.2, -0.15) is 0 Å². The van der Waals surface area contributed by atoms with Crippen molar-refractivity contribution in [1.29, 1.82) is 0 Å². The van der Waals surface area contributed by atoms with E-state index in [2.05, 4.69) is 27.8 Å². The maximum atomic E-state index is 10.8. The van der Waals surface area contributed by atoms with E-state index in [1.807, 2.05) is 12.1 Å². The molecule has 1 atom stereocenters. The molecule has 8 heteroatoms. The maximum absolute atomic E-state index is 10.8. The molecule has 0 saturated carbocycles. The topological polar surface area (TPSA) is 98.0 Å². The molecule has 1 fully saturated rings. The molecule has 1 aliphatic rings. The average Bonchev–Trinajstić information content (AvgIpc) is 2.81. The normalized spacial score (nSPS) is 16.5. The molecule has 0 spiro atoms. The number of nitrogens with zero attached hydrogens (tertiary/aromatic N) is 2. The summed E-state index contributed by atoms with van der Waals surface area (Å²) in [5, 5.41) is 17.6. The molecule has 2 N–H and O–H groups in total. The SMILES string of the molecule is COc1ccc(CCNC(=NCc2ccc([N+](=O)[O-])cc2)NCC2CCCCO2)cc1. The molecule has 1 unspecified atom stereocenters. The third-order valence-electron chi connectivity index (χ3n) is 5.20. The Morgan fingerprint density at radius 1 is 1.13 bits per heavy atom. The van der Waals surface area contributed by atoms with Gasteiger partial charge in [0.1, 0.15) is 5.75 Å². The van der Waals surface area contributed by atoms with Crippen molar-refractivity contribution in [3.8, 4) is 5.75 Å². The number of nitro groups is 1. The third kappa shape index (κ3) is 7.57. The molecule has 1 heterocycles. The number of guanidine groups is 1. The van der Waals surface area contributed by atoms with E-state index in [0.717, 1.165) is 43.7 Å². The van der Waals surface area contributed by atoms with Crippen molar-refractivity contribution in [2.24, 2.45) is 4.99 Å². The van der Waals surface area contributed by atoms with Crippen LogP contribution in [0.5, 0.6) is 5.75 Å². The largest absolute Gasteiger partial charge is 0.497 e. The molecule has 0 amide bonds. The predicted octanol–water partition coefficient (Wildman–Crippen LogP) is 3.45. The van der Waals surface area contributed by atoms with Gasteiger partial charge in [0.25, 0.3) is 5.69 Å². The van der Waals surface area contributed by atoms with Crippen LogP contribution < -0.4 is 15.4 Å². The Balaban J connectivity index is 1.57. The minimum Gasteiger partial charge on any atom is -0.497 e. The van der Waals surface area contributed by atoms with Gasteiger partial charge < -0.3 is 20.1 Å². The summed E-state index contributed by atoms with van der Waals surface area (Å²) in [5.74, 6) is 1.55. The van der Waals surface area contributed by atoms with Crippen molar-refractivity contribution in [3.63, 3.8) is 0 Å². The second kappa shape index (κ2) is 11.9. The summed E-state index contributed by atoms with van der Waals surface area (Å²) in [6.45, 7) is 2.67. The highest BCUT2D eigenvalue weighted by Gasteiger charge is 2.14. The molecule has 0 aliphatic carbocycles. The molecular weight excluding hydrogens is 396 g/mol. The number of rotatable bonds is 9. The number of nitrogens with one attached hydrogen (secondary N) is 2. The van der Waals surface area contributed by atoms with Crippen LogP contribution in [0.3, 0.4) is 0 Å². The Morgan fingerprint density at radius 3 is 2.52 bits per heavy atom. The molecule has 166 valence electrons. The van der Waals surface area contributed by atoms with Crippen LogP contribution in [0.4, 0.5) is 5.69 Å². The van der Waals surface area contributed by atoms with E-state index in [1.54, 1.807) is 19.2 Å². The Bertz CT molecular complexity index is 847. The number of ether oxygens (including phenoxy) is 2. The summed E-state index contributed by atoms with van der Waals surface area (Å²) in [5.41, 5.74) is 2.20. The highest BCUT2D eigenvalue weighted by Crippen LogP contribution is 2.14. The lowest BCUT2D eigenvalue weighted by Crippen LogP contribution is -2.43. The molecule has 8 nitrogen and oxygen atoms in total. The molecule has 0 aromatic heterocycles. The number of hydrogen-bond donors (Lipinski definition) is 2. The van der Waals surface area contributed by atoms with Crippen molar-refractivity contribution in [1.82, 2.24) is 10.6 Å². The van der Waals surface area contributed by atoms with Gasteiger partial charge in [0.05, 0.1) is 24.7 Å². The summed E-state index contributed by atoms with van der Waals surface area (Å²) in [6, 6.07) is 14.5. The lowest BCUT2D eigenvalue weighted by Gasteiger charge is -2.24. The van der Waals surface area contributed by atoms with Crippen molar-refractivity contribution in [3.05, 3.63) is 69.8 Å². The zero-order valence-corrected chi connectivity index (χ0v) is 17.9. The van der Waals surface area contributed by atoms with Crippen LogP contribution in [-0.2, 0) is 17.7 Å². The van der Waals surface area contributed by atoms with Gasteiger partial charge in [0, 0.05) is 31.8 Å². The minimum atomic E-state index is -0.398. The lowest BCUT2D eigenvalue weighted by atomic mass is 10.1. The first-order valence-electron chi connectivity index (χ1n) is 10.6. The smallest absolute Gasteiger partial charge is 0.269 e. The van der Waals surface area contributed by atoms with Crippen molar-refractivity contribution in [2.75, 3.05) is 26.8 Å². The summed E-state index contributed by atoms with van der Waals surface area (Å²) in [6.07, 6.45) is 4.41. The van der Waals surface area contributed by atoms with Crippen LogP contribution in [0.2, 0.25) is 0 Å². The highest BCUT2D eigenvalue weighted by molar-refractivity contribution is 5.79. The van der Waals surface area contributed by atoms with Crippen LogP contribution in [-0.4, -0.2) is 43.8 Å². The summed E-state index contributed by atoms with van der Waals surface area (Å²) < 4.78 is 11.0. The van der Waals surface area contributed by atoms with Gasteiger partial charge in [0.2, 0.25) is 0 Å². The number of benzene rings is 2. The standard InChI is InChI=1S/C23H30N4O4/c1-30-21-11-7-18(8-12-21)13-14-24-23(26-17-22-4-2-3-15-31-22)25-16-19-5-9-20(10-6-19)27(28)29/h5-12,22H,2-4,13-17H2,1H3,(H2,24,25,26). The number of nitro benzene ring substituents is 1. The van der Waals surface area contributed by atoms with E-state index < -0.39 is 4.92 Å². The highest BCUT2D eigenvalue weighted by atomic mass is 16.6. The van der Waals surface area contributed by atoms with Crippen LogP contribution in [0, 0.1) is 10.1 Å². The summed E-state index contributed by atoms with van der Waals surface area (Å²) >= 11 is 0. The van der Waals surface area contributed by atoms with Gasteiger partial charge >= 0.3 is 0 Å². The fourth-order valence-corrected chi connectivity index (χ4v) is 3.36.